The van der Waals surface area contributed by atoms with Crippen LogP contribution < -0.4 is 14.8 Å². The van der Waals surface area contributed by atoms with Gasteiger partial charge in [-0.1, -0.05) is 42.5 Å². The fourth-order valence-electron chi connectivity index (χ4n) is 3.17. The van der Waals surface area contributed by atoms with Crippen molar-refractivity contribution in [2.75, 3.05) is 27.7 Å². The second-order valence-corrected chi connectivity index (χ2v) is 7.26. The van der Waals surface area contributed by atoms with E-state index in [0.717, 1.165) is 22.6 Å². The Morgan fingerprint density at radius 2 is 1.63 bits per heavy atom. The number of nitrogens with one attached hydrogen (secondary N) is 1. The van der Waals surface area contributed by atoms with Crippen LogP contribution in [0.3, 0.4) is 0 Å². The van der Waals surface area contributed by atoms with E-state index >= 15 is 0 Å². The molecule has 5 heteroatoms. The number of rotatable bonds is 9. The summed E-state index contributed by atoms with van der Waals surface area (Å²) in [5.74, 6) is 1.53. The van der Waals surface area contributed by atoms with Gasteiger partial charge >= 0.3 is 0 Å². The summed E-state index contributed by atoms with van der Waals surface area (Å²) in [6.07, 6.45) is 0. The molecule has 3 rings (SSSR count). The van der Waals surface area contributed by atoms with Crippen molar-refractivity contribution in [2.24, 2.45) is 0 Å². The second-order valence-electron chi connectivity index (χ2n) is 7.26. The van der Waals surface area contributed by atoms with Crippen LogP contribution >= 0.6 is 0 Å². The van der Waals surface area contributed by atoms with E-state index in [1.54, 1.807) is 7.11 Å². The van der Waals surface area contributed by atoms with Crippen LogP contribution in [0.2, 0.25) is 0 Å². The molecule has 5 nitrogen and oxygen atoms in total. The maximum absolute atomic E-state index is 12.6. The van der Waals surface area contributed by atoms with Crippen LogP contribution in [0.25, 0.3) is 0 Å². The van der Waals surface area contributed by atoms with Gasteiger partial charge < -0.3 is 19.7 Å². The van der Waals surface area contributed by atoms with Gasteiger partial charge in [0, 0.05) is 12.1 Å². The molecule has 3 aromatic carbocycles. The van der Waals surface area contributed by atoms with Crippen molar-refractivity contribution in [1.29, 1.82) is 0 Å². The monoisotopic (exact) mass is 404 g/mol. The highest BCUT2D eigenvalue weighted by molar-refractivity contribution is 5.94. The molecule has 0 bridgehead atoms. The molecule has 0 saturated carbocycles. The van der Waals surface area contributed by atoms with Crippen LogP contribution in [0, 0.1) is 0 Å². The topological polar surface area (TPSA) is 50.8 Å². The summed E-state index contributed by atoms with van der Waals surface area (Å²) in [6.45, 7) is 0.961. The van der Waals surface area contributed by atoms with E-state index in [1.165, 1.54) is 0 Å². The molecule has 0 radical (unpaired) electrons. The molecule has 1 atom stereocenters. The number of nitrogens with zero attached hydrogens (tertiary/aromatic N) is 1. The van der Waals surface area contributed by atoms with E-state index < -0.39 is 0 Å². The fourth-order valence-corrected chi connectivity index (χ4v) is 3.17. The first kappa shape index (κ1) is 21.4. The quantitative estimate of drug-likeness (QED) is 0.578. The summed E-state index contributed by atoms with van der Waals surface area (Å²) in [5, 5.41) is 3.04. The molecular weight excluding hydrogens is 376 g/mol. The molecule has 0 fully saturated rings. The third-order valence-corrected chi connectivity index (χ3v) is 4.92. The van der Waals surface area contributed by atoms with Crippen molar-refractivity contribution in [1.82, 2.24) is 10.2 Å². The molecule has 1 N–H and O–H groups in total. The van der Waals surface area contributed by atoms with Gasteiger partial charge in [0.05, 0.1) is 13.2 Å². The molecule has 156 valence electrons. The number of hydrogen-bond acceptors (Lipinski definition) is 4. The van der Waals surface area contributed by atoms with Crippen LogP contribution in [0.5, 0.6) is 11.5 Å². The average Bonchev–Trinajstić information content (AvgIpc) is 2.78. The summed E-state index contributed by atoms with van der Waals surface area (Å²) in [7, 11) is 5.65. The first-order valence-electron chi connectivity index (χ1n) is 9.92. The molecule has 0 aliphatic heterocycles. The van der Waals surface area contributed by atoms with E-state index in [4.69, 9.17) is 9.47 Å². The molecule has 0 saturated heterocycles. The van der Waals surface area contributed by atoms with Crippen molar-refractivity contribution >= 4 is 5.91 Å². The Kier molecular flexibility index (Phi) is 7.46. The van der Waals surface area contributed by atoms with E-state index in [0.29, 0.717) is 18.7 Å². The van der Waals surface area contributed by atoms with Gasteiger partial charge in [0.25, 0.3) is 5.91 Å². The number of hydrogen-bond donors (Lipinski definition) is 1. The second kappa shape index (κ2) is 10.5. The van der Waals surface area contributed by atoms with Crippen LogP contribution in [-0.2, 0) is 6.61 Å². The predicted octanol–water partition coefficient (Wildman–Crippen LogP) is 4.31. The van der Waals surface area contributed by atoms with Crippen molar-refractivity contribution in [3.05, 3.63) is 95.6 Å². The standard InChI is InChI=1S/C25H28N2O3/c1-27(2)24(21-8-7-11-23(16-21)29-3)17-26-25(28)20-14-12-19(13-15-20)18-30-22-9-5-4-6-10-22/h4-16,24H,17-18H2,1-3H3,(H,26,28)/t24-/m1/s1. The first-order valence-corrected chi connectivity index (χ1v) is 9.92. The van der Waals surface area contributed by atoms with Crippen LogP contribution in [0.15, 0.2) is 78.9 Å². The van der Waals surface area contributed by atoms with Crippen LogP contribution in [-0.4, -0.2) is 38.6 Å². The molecule has 1 amide bonds. The smallest absolute Gasteiger partial charge is 0.251 e. The zero-order chi connectivity index (χ0) is 21.3. The van der Waals surface area contributed by atoms with Gasteiger partial charge in [-0.3, -0.25) is 4.79 Å². The van der Waals surface area contributed by atoms with Gasteiger partial charge in [-0.2, -0.15) is 0 Å². The molecule has 0 aliphatic rings. The number of likely N-dealkylation sites (N-methyl/N-ethyl adjacent to an activating group) is 1. The van der Waals surface area contributed by atoms with Crippen LogP contribution in [0.4, 0.5) is 0 Å². The lowest BCUT2D eigenvalue weighted by atomic mass is 10.1. The molecule has 0 unspecified atom stereocenters. The van der Waals surface area contributed by atoms with Crippen molar-refractivity contribution < 1.29 is 14.3 Å². The molecule has 0 heterocycles. The van der Waals surface area contributed by atoms with E-state index in [2.05, 4.69) is 10.2 Å². The number of carbonyl (C=O) groups excluding carboxylic acids is 1. The summed E-state index contributed by atoms with van der Waals surface area (Å²) in [5.41, 5.74) is 2.73. The minimum atomic E-state index is -0.0970. The van der Waals surface area contributed by atoms with E-state index in [-0.39, 0.29) is 11.9 Å². The van der Waals surface area contributed by atoms with Gasteiger partial charge in [-0.25, -0.2) is 0 Å². The number of methoxy groups -OCH3 is 1. The maximum Gasteiger partial charge on any atom is 0.251 e. The number of benzene rings is 3. The number of para-hydroxylation sites is 1. The number of carbonyl (C=O) groups is 1. The van der Waals surface area contributed by atoms with E-state index in [1.807, 2.05) is 93.0 Å². The summed E-state index contributed by atoms with van der Waals surface area (Å²) >= 11 is 0. The zero-order valence-corrected chi connectivity index (χ0v) is 17.7. The summed E-state index contributed by atoms with van der Waals surface area (Å²) in [6, 6.07) is 25.1. The van der Waals surface area contributed by atoms with Gasteiger partial charge in [0.15, 0.2) is 0 Å². The van der Waals surface area contributed by atoms with Gasteiger partial charge in [0.2, 0.25) is 0 Å². The Hall–Kier alpha value is -3.31. The minimum Gasteiger partial charge on any atom is -0.497 e. The van der Waals surface area contributed by atoms with Crippen molar-refractivity contribution in [2.45, 2.75) is 12.6 Å². The predicted molar refractivity (Wildman–Crippen MR) is 119 cm³/mol. The molecule has 3 aromatic rings. The van der Waals surface area contributed by atoms with E-state index in [9.17, 15) is 4.79 Å². The lowest BCUT2D eigenvalue weighted by Crippen LogP contribution is -2.34. The molecule has 0 aliphatic carbocycles. The molecule has 0 spiro atoms. The van der Waals surface area contributed by atoms with Crippen LogP contribution in [0.1, 0.15) is 27.5 Å². The Morgan fingerprint density at radius 3 is 2.30 bits per heavy atom. The van der Waals surface area contributed by atoms with Crippen molar-refractivity contribution in [3.8, 4) is 11.5 Å². The third kappa shape index (κ3) is 5.84. The van der Waals surface area contributed by atoms with Gasteiger partial charge in [0.1, 0.15) is 18.1 Å². The Bertz CT molecular complexity index is 940. The summed E-state index contributed by atoms with van der Waals surface area (Å²) < 4.78 is 11.1. The zero-order valence-electron chi connectivity index (χ0n) is 17.7. The Labute approximate surface area is 178 Å². The SMILES string of the molecule is COc1cccc([C@@H](CNC(=O)c2ccc(COc3ccccc3)cc2)N(C)C)c1. The minimum absolute atomic E-state index is 0.0441. The highest BCUT2D eigenvalue weighted by Crippen LogP contribution is 2.22. The normalized spacial score (nSPS) is 11.7. The molecular formula is C25H28N2O3. The molecule has 30 heavy (non-hydrogen) atoms. The maximum atomic E-state index is 12.6. The van der Waals surface area contributed by atoms with Crippen molar-refractivity contribution in [3.63, 3.8) is 0 Å². The lowest BCUT2D eigenvalue weighted by Gasteiger charge is -2.25. The van der Waals surface area contributed by atoms with Gasteiger partial charge in [-0.05, 0) is 61.6 Å². The Balaban J connectivity index is 1.57. The number of amides is 1. The highest BCUT2D eigenvalue weighted by Gasteiger charge is 2.16. The first-order chi connectivity index (χ1) is 14.6. The lowest BCUT2D eigenvalue weighted by molar-refractivity contribution is 0.0942. The molecule has 0 aromatic heterocycles. The fraction of sp³-hybridized carbons (Fsp3) is 0.240. The Morgan fingerprint density at radius 1 is 0.933 bits per heavy atom. The number of ether oxygens (including phenoxy) is 2. The average molecular weight is 405 g/mol. The highest BCUT2D eigenvalue weighted by atomic mass is 16.5. The summed E-state index contributed by atoms with van der Waals surface area (Å²) in [4.78, 5) is 14.7. The third-order valence-electron chi connectivity index (χ3n) is 4.92. The van der Waals surface area contributed by atoms with Gasteiger partial charge in [-0.15, -0.1) is 0 Å². The largest absolute Gasteiger partial charge is 0.497 e.